The predicted octanol–water partition coefficient (Wildman–Crippen LogP) is 31.1. The number of halogens is 1. The molecule has 1 aliphatic rings. The Hall–Kier alpha value is -11.1. The van der Waals surface area contributed by atoms with E-state index < -0.39 is 0 Å². The van der Waals surface area contributed by atoms with Crippen molar-refractivity contribution in [2.75, 3.05) is 0 Å². The van der Waals surface area contributed by atoms with Crippen LogP contribution < -0.4 is 0 Å². The predicted molar refractivity (Wildman–Crippen MR) is 555 cm³/mol. The van der Waals surface area contributed by atoms with Crippen LogP contribution >= 0.6 is 0 Å². The van der Waals surface area contributed by atoms with Gasteiger partial charge >= 0.3 is 23.1 Å². The van der Waals surface area contributed by atoms with Crippen molar-refractivity contribution in [1.82, 2.24) is 19.9 Å². The average Bonchev–Trinajstić information content (AvgIpc) is 1.52. The van der Waals surface area contributed by atoms with E-state index in [1.165, 1.54) is 123 Å². The standard InChI is InChI=1S/C24H18N.C21H15FN.C21H16N.C17H14N.C15H28O2.C11H20O2.2C5H8O2.4Ir/c1-24(2)20-9-5-4-8-18(20)19-13-11-17(15-21(19)24)23-14-12-16-7-3-6-10-22(16)25-23;1-13-9-14(2)11-16(10-13)21-19-6-4-15-3-5-17(22)12-20(15)18(19)7-8-23-21;1-14-11-15(2)13-17(12-14)21-20-8-7-16-5-3-4-6-18(16)19(20)9-10-22-21;1-12-9-13(2)11-15(10-12)17-8-7-14-5-3-4-6-16(14)18-17;1-7-14(5,8-2)12(16)11-13(17)15(6,9-3)10-4;1-10(2,3)8(12)7-9(13)11(4,5)6;2*1-4(6)3-5(2)7;;;;/h3-10,12-15H,1-2H3;3-10,12H,1-2H3;3-12H,1-2H3;3-10H,1-2H3;11,16H,7-10H2,1-6H3;7,12H,1-6H3;2*3,6H,1-2H3;;;;/q4*-1;;;;;;;;/p+4. The van der Waals surface area contributed by atoms with Crippen molar-refractivity contribution in [2.24, 2.45) is 21.7 Å². The number of aryl methyl sites for hydroxylation is 6. The zero-order chi connectivity index (χ0) is 96.9. The molecule has 0 aliphatic heterocycles. The molecule has 16 rings (SSSR count). The summed E-state index contributed by atoms with van der Waals surface area (Å²) in [7, 11) is 0. The third-order valence-electron chi connectivity index (χ3n) is 23.9. The molecule has 12 nitrogen and oxygen atoms in total. The fourth-order valence-electron chi connectivity index (χ4n) is 15.5. The van der Waals surface area contributed by atoms with E-state index >= 15 is 0 Å². The summed E-state index contributed by atoms with van der Waals surface area (Å²) in [4.78, 5) is 55.3. The largest absolute Gasteiger partial charge is 0.512 e. The van der Waals surface area contributed by atoms with Gasteiger partial charge in [-0.2, -0.15) is 0 Å². The molecule has 15 aromatic rings. The van der Waals surface area contributed by atoms with Crippen molar-refractivity contribution in [2.45, 2.75) is 197 Å². The van der Waals surface area contributed by atoms with Crippen LogP contribution in [0.25, 0.3) is 121 Å². The van der Waals surface area contributed by atoms with Gasteiger partial charge in [-0.1, -0.05) is 261 Å². The van der Waals surface area contributed by atoms with Gasteiger partial charge < -0.3 is 30.4 Å². The fraction of sp³-hybridized carbons (Fsp3) is 0.277. The number of carbonyl (C=O) groups excluding carboxylic acids is 4. The number of aliphatic hydroxyl groups excluding tert-OH is 4. The van der Waals surface area contributed by atoms with Gasteiger partial charge in [-0.3, -0.25) is 29.1 Å². The van der Waals surface area contributed by atoms with E-state index in [4.69, 9.17) is 29.8 Å². The molecule has 0 saturated heterocycles. The van der Waals surface area contributed by atoms with Gasteiger partial charge in [-0.15, -0.1) is 134 Å². The first-order valence-corrected chi connectivity index (χ1v) is 45.2. The number of aromatic nitrogens is 4. The van der Waals surface area contributed by atoms with Crippen LogP contribution in [-0.2, 0) is 85.8 Å². The van der Waals surface area contributed by atoms with Gasteiger partial charge in [0.2, 0.25) is 0 Å². The molecule has 4 aromatic heterocycles. The number of hydrogen-bond acceptors (Lipinski definition) is 8. The molecule has 0 bridgehead atoms. The van der Waals surface area contributed by atoms with Gasteiger partial charge in [0.15, 0.2) is 0 Å². The first-order chi connectivity index (χ1) is 62.3. The van der Waals surface area contributed by atoms with Gasteiger partial charge in [0.25, 0.3) is 0 Å². The van der Waals surface area contributed by atoms with Gasteiger partial charge in [0.1, 0.15) is 17.3 Å². The molecular formula is C119H131FIr4N4O8. The summed E-state index contributed by atoms with van der Waals surface area (Å²) in [6.07, 6.45) is 12.7. The van der Waals surface area contributed by atoms with Gasteiger partial charge in [0.05, 0.1) is 71.5 Å². The second-order valence-corrected chi connectivity index (χ2v) is 37.3. The van der Waals surface area contributed by atoms with E-state index in [2.05, 4.69) is 274 Å². The number of rotatable bonds is 14. The summed E-state index contributed by atoms with van der Waals surface area (Å²) in [6, 6.07) is 90.2. The van der Waals surface area contributed by atoms with E-state index in [9.17, 15) is 24.2 Å². The van der Waals surface area contributed by atoms with Crippen molar-refractivity contribution in [3.05, 3.63) is 359 Å². The second-order valence-electron chi connectivity index (χ2n) is 37.3. The van der Waals surface area contributed by atoms with Crippen molar-refractivity contribution in [1.29, 1.82) is 0 Å². The van der Waals surface area contributed by atoms with Crippen molar-refractivity contribution in [3.8, 4) is 56.2 Å². The smallest absolute Gasteiger partial charge is 0.325 e. The van der Waals surface area contributed by atoms with Gasteiger partial charge in [0, 0.05) is 104 Å². The number of aliphatic hydroxyl groups is 4. The van der Waals surface area contributed by atoms with Crippen molar-refractivity contribution >= 4 is 88.0 Å². The fourth-order valence-corrected chi connectivity index (χ4v) is 15.5. The quantitative estimate of drug-likeness (QED) is 0.0269. The van der Waals surface area contributed by atoms with Gasteiger partial charge in [-0.05, 0) is 191 Å². The molecule has 0 spiro atoms. The number of ketones is 4. The van der Waals surface area contributed by atoms with Crippen LogP contribution in [0.15, 0.2) is 284 Å². The maximum atomic E-state index is 13.7. The number of allylic oxidation sites excluding steroid dienone is 8. The minimum Gasteiger partial charge on any atom is -0.512 e. The Morgan fingerprint density at radius 1 is 0.375 bits per heavy atom. The minimum atomic E-state index is -0.306. The maximum Gasteiger partial charge on any atom is 0.325 e. The molecule has 17 heteroatoms. The number of fused-ring (bicyclic) bond motifs is 11. The third kappa shape index (κ3) is 31.0. The first-order valence-electron chi connectivity index (χ1n) is 45.2. The molecule has 0 unspecified atom stereocenters. The topological polar surface area (TPSA) is 218 Å². The summed E-state index contributed by atoms with van der Waals surface area (Å²) < 4.78 is 13.7. The minimum absolute atomic E-state index is 0. The number of pyridine rings is 4. The summed E-state index contributed by atoms with van der Waals surface area (Å²) in [5.74, 6) is 1.29. The van der Waals surface area contributed by atoms with E-state index in [0.717, 1.165) is 120 Å². The second kappa shape index (κ2) is 51.4. The number of benzene rings is 11. The summed E-state index contributed by atoms with van der Waals surface area (Å²) >= 11 is 0. The van der Waals surface area contributed by atoms with Crippen LogP contribution in [0.1, 0.15) is 195 Å². The molecule has 4 radical (unpaired) electrons. The Balaban J connectivity index is 0.000000281. The monoisotopic (exact) mass is 2530 g/mol. The van der Waals surface area contributed by atoms with Crippen LogP contribution in [0.3, 0.4) is 0 Å². The molecule has 0 atom stereocenters. The zero-order valence-electron chi connectivity index (χ0n) is 82.7. The molecule has 1 aliphatic carbocycles. The summed E-state index contributed by atoms with van der Waals surface area (Å²) in [5.41, 5.74) is 21.5. The van der Waals surface area contributed by atoms with Gasteiger partial charge in [-0.25, -0.2) is 4.39 Å². The van der Waals surface area contributed by atoms with E-state index in [1.54, 1.807) is 18.3 Å². The Kier molecular flexibility index (Phi) is 43.6. The Morgan fingerprint density at radius 3 is 1.21 bits per heavy atom. The van der Waals surface area contributed by atoms with E-state index in [-0.39, 0.29) is 148 Å². The molecule has 0 fully saturated rings. The van der Waals surface area contributed by atoms with Crippen molar-refractivity contribution < 1.29 is 124 Å². The van der Waals surface area contributed by atoms with Crippen LogP contribution in [-0.4, -0.2) is 82.7 Å². The molecular weight excluding hydrogens is 2400 g/mol. The Morgan fingerprint density at radius 2 is 0.772 bits per heavy atom. The molecule has 0 amide bonds. The SMILES string of the molecule is CC(=[OH+])C=C(C)O.CC(=[OH+])C=C(C)O.CC(C)(C)C(=[OH+])C=C(O)C(C)(C)C.CC1(C)c2ccccc2-c2c[c-]c(-c3ccc4ccccc4n3)cc21.CCC(C)(CC)C(=[OH+])C=C(O)C(C)(CC)CC.Cc1[c-]c(-c2ccc3ccccc3n2)cc(C)c1.Cc1[c-]c(-c2nccc3c2ccc2ccc(F)cc23)cc(C)c1.Cc1[c-]c(-c2nccc3c2ccc2ccccc23)cc(C)c1.[Ir].[Ir].[Ir].[Ir]. The number of para-hydroxylation sites is 2. The summed E-state index contributed by atoms with van der Waals surface area (Å²) in [6.45, 7) is 46.8. The molecule has 11 aromatic carbocycles. The first kappa shape index (κ1) is 115. The van der Waals surface area contributed by atoms with Crippen LogP contribution in [0.2, 0.25) is 0 Å². The van der Waals surface area contributed by atoms with Crippen LogP contribution in [0.5, 0.6) is 0 Å². The molecule has 718 valence electrons. The summed E-state index contributed by atoms with van der Waals surface area (Å²) in [5, 5.41) is 47.9. The Bertz CT molecular complexity index is 6750. The van der Waals surface area contributed by atoms with E-state index in [0.29, 0.717) is 11.5 Å². The molecule has 4 heterocycles. The number of hydrogen-bond donors (Lipinski definition) is 4. The Labute approximate surface area is 858 Å². The molecule has 0 saturated carbocycles. The average molecular weight is 2530 g/mol. The normalized spacial score (nSPS) is 12.1. The van der Waals surface area contributed by atoms with E-state index in [1.807, 2.05) is 117 Å². The van der Waals surface area contributed by atoms with Crippen LogP contribution in [0, 0.1) is 93.3 Å². The number of nitrogens with zero attached hydrogens (tertiary/aromatic N) is 4. The van der Waals surface area contributed by atoms with Crippen LogP contribution in [0.4, 0.5) is 4.39 Å². The molecule has 136 heavy (non-hydrogen) atoms. The maximum absolute atomic E-state index is 13.7. The zero-order valence-corrected chi connectivity index (χ0v) is 92.3. The molecule has 8 N–H and O–H groups in total. The third-order valence-corrected chi connectivity index (χ3v) is 23.9. The van der Waals surface area contributed by atoms with Crippen molar-refractivity contribution in [3.63, 3.8) is 0 Å².